The number of aliphatic imine (C=N–C) groups is 1. The Morgan fingerprint density at radius 2 is 1.87 bits per heavy atom. The van der Waals surface area contributed by atoms with Crippen LogP contribution >= 0.6 is 11.3 Å². The Kier molecular flexibility index (Phi) is 5.07. The molecule has 0 radical (unpaired) electrons. The van der Waals surface area contributed by atoms with Crippen molar-refractivity contribution >= 4 is 23.2 Å². The van der Waals surface area contributed by atoms with Gasteiger partial charge in [-0.3, -0.25) is 0 Å². The summed E-state index contributed by atoms with van der Waals surface area (Å²) >= 11 is 1.81. The lowest BCUT2D eigenvalue weighted by Crippen LogP contribution is -2.51. The van der Waals surface area contributed by atoms with E-state index in [2.05, 4.69) is 43.8 Å². The number of aromatic nitrogens is 2. The second-order valence-corrected chi connectivity index (χ2v) is 6.67. The van der Waals surface area contributed by atoms with Gasteiger partial charge in [0.2, 0.25) is 5.95 Å². The fraction of sp³-hybridized carbons (Fsp3) is 0.438. The van der Waals surface area contributed by atoms with Gasteiger partial charge in [0.15, 0.2) is 5.96 Å². The summed E-state index contributed by atoms with van der Waals surface area (Å²) in [6.45, 7) is 6.25. The van der Waals surface area contributed by atoms with Gasteiger partial charge in [-0.1, -0.05) is 6.92 Å². The zero-order valence-electron chi connectivity index (χ0n) is 13.4. The average Bonchev–Trinajstić information content (AvgIpc) is 3.09. The molecule has 2 aromatic rings. The van der Waals surface area contributed by atoms with Gasteiger partial charge in [0.25, 0.3) is 0 Å². The SMILES string of the molecule is CCc1ccc(CN=C(N)N2CCN(c3ncccn3)CC2)s1. The Balaban J connectivity index is 1.53. The third kappa shape index (κ3) is 3.98. The van der Waals surface area contributed by atoms with Gasteiger partial charge in [0, 0.05) is 48.3 Å². The van der Waals surface area contributed by atoms with Crippen LogP contribution in [0.5, 0.6) is 0 Å². The molecule has 23 heavy (non-hydrogen) atoms. The number of anilines is 1. The molecule has 6 nitrogen and oxygen atoms in total. The van der Waals surface area contributed by atoms with Crippen molar-refractivity contribution in [2.45, 2.75) is 19.9 Å². The van der Waals surface area contributed by atoms with Crippen molar-refractivity contribution in [3.05, 3.63) is 40.3 Å². The first-order chi connectivity index (χ1) is 11.3. The first-order valence-electron chi connectivity index (χ1n) is 7.90. The molecule has 0 aromatic carbocycles. The molecule has 0 atom stereocenters. The summed E-state index contributed by atoms with van der Waals surface area (Å²) in [5, 5.41) is 0. The van der Waals surface area contributed by atoms with Gasteiger partial charge in [-0.25, -0.2) is 15.0 Å². The van der Waals surface area contributed by atoms with Gasteiger partial charge in [-0.05, 0) is 24.6 Å². The molecule has 122 valence electrons. The summed E-state index contributed by atoms with van der Waals surface area (Å²) in [5.74, 6) is 1.42. The van der Waals surface area contributed by atoms with Gasteiger partial charge >= 0.3 is 0 Å². The highest BCUT2D eigenvalue weighted by Crippen LogP contribution is 2.18. The Morgan fingerprint density at radius 1 is 1.17 bits per heavy atom. The molecule has 0 aliphatic carbocycles. The van der Waals surface area contributed by atoms with E-state index < -0.39 is 0 Å². The van der Waals surface area contributed by atoms with Crippen molar-refractivity contribution in [3.63, 3.8) is 0 Å². The van der Waals surface area contributed by atoms with Crippen molar-refractivity contribution in [1.82, 2.24) is 14.9 Å². The lowest BCUT2D eigenvalue weighted by atomic mass is 10.3. The number of piperazine rings is 1. The van der Waals surface area contributed by atoms with Crippen molar-refractivity contribution in [1.29, 1.82) is 0 Å². The largest absolute Gasteiger partial charge is 0.370 e. The van der Waals surface area contributed by atoms with E-state index in [4.69, 9.17) is 5.73 Å². The highest BCUT2D eigenvalue weighted by molar-refractivity contribution is 7.11. The first-order valence-corrected chi connectivity index (χ1v) is 8.72. The van der Waals surface area contributed by atoms with Crippen molar-refractivity contribution in [3.8, 4) is 0 Å². The molecule has 1 saturated heterocycles. The number of nitrogens with zero attached hydrogens (tertiary/aromatic N) is 5. The molecular formula is C16H22N6S. The maximum absolute atomic E-state index is 6.15. The molecular weight excluding hydrogens is 308 g/mol. The van der Waals surface area contributed by atoms with E-state index in [0.29, 0.717) is 12.5 Å². The van der Waals surface area contributed by atoms with Gasteiger partial charge in [0.05, 0.1) is 6.54 Å². The molecule has 3 rings (SSSR count). The number of aryl methyl sites for hydroxylation is 1. The van der Waals surface area contributed by atoms with E-state index in [1.165, 1.54) is 9.75 Å². The minimum Gasteiger partial charge on any atom is -0.370 e. The predicted octanol–water partition coefficient (Wildman–Crippen LogP) is 1.74. The van der Waals surface area contributed by atoms with Crippen LogP contribution in [0.1, 0.15) is 16.7 Å². The molecule has 0 bridgehead atoms. The number of guanidine groups is 1. The Bertz CT molecular complexity index is 646. The topological polar surface area (TPSA) is 70.6 Å². The van der Waals surface area contributed by atoms with E-state index in [1.54, 1.807) is 12.4 Å². The number of hydrogen-bond acceptors (Lipinski definition) is 5. The van der Waals surface area contributed by atoms with Crippen molar-refractivity contribution in [2.24, 2.45) is 10.7 Å². The summed E-state index contributed by atoms with van der Waals surface area (Å²) in [7, 11) is 0. The quantitative estimate of drug-likeness (QED) is 0.683. The third-order valence-electron chi connectivity index (χ3n) is 3.90. The van der Waals surface area contributed by atoms with Gasteiger partial charge < -0.3 is 15.5 Å². The monoisotopic (exact) mass is 330 g/mol. The molecule has 2 aromatic heterocycles. The summed E-state index contributed by atoms with van der Waals surface area (Å²) < 4.78 is 0. The zero-order chi connectivity index (χ0) is 16.1. The highest BCUT2D eigenvalue weighted by atomic mass is 32.1. The van der Waals surface area contributed by atoms with E-state index in [1.807, 2.05) is 17.4 Å². The molecule has 1 aliphatic heterocycles. The predicted molar refractivity (Wildman–Crippen MR) is 94.8 cm³/mol. The first kappa shape index (κ1) is 15.7. The number of hydrogen-bond donors (Lipinski definition) is 1. The van der Waals surface area contributed by atoms with Crippen LogP contribution < -0.4 is 10.6 Å². The Labute approximate surface area is 140 Å². The van der Waals surface area contributed by atoms with E-state index in [-0.39, 0.29) is 0 Å². The fourth-order valence-electron chi connectivity index (χ4n) is 2.55. The maximum Gasteiger partial charge on any atom is 0.225 e. The highest BCUT2D eigenvalue weighted by Gasteiger charge is 2.19. The summed E-state index contributed by atoms with van der Waals surface area (Å²) in [6.07, 6.45) is 4.62. The van der Waals surface area contributed by atoms with Crippen LogP contribution in [0.15, 0.2) is 35.6 Å². The second-order valence-electron chi connectivity index (χ2n) is 5.42. The molecule has 0 spiro atoms. The average molecular weight is 330 g/mol. The van der Waals surface area contributed by atoms with Gasteiger partial charge in [0.1, 0.15) is 0 Å². The number of rotatable bonds is 4. The van der Waals surface area contributed by atoms with Gasteiger partial charge in [-0.15, -0.1) is 11.3 Å². The molecule has 1 fully saturated rings. The third-order valence-corrected chi connectivity index (χ3v) is 5.12. The molecule has 0 amide bonds. The molecule has 1 aliphatic rings. The van der Waals surface area contributed by atoms with Crippen molar-refractivity contribution in [2.75, 3.05) is 31.1 Å². The zero-order valence-corrected chi connectivity index (χ0v) is 14.2. The van der Waals surface area contributed by atoms with E-state index >= 15 is 0 Å². The lowest BCUT2D eigenvalue weighted by Gasteiger charge is -2.35. The number of thiophene rings is 1. The molecule has 3 heterocycles. The van der Waals surface area contributed by atoms with Crippen LogP contribution in [0.3, 0.4) is 0 Å². The van der Waals surface area contributed by atoms with Crippen LogP contribution in [-0.4, -0.2) is 47.0 Å². The number of nitrogens with two attached hydrogens (primary N) is 1. The van der Waals surface area contributed by atoms with E-state index in [9.17, 15) is 0 Å². The van der Waals surface area contributed by atoms with Crippen molar-refractivity contribution < 1.29 is 0 Å². The van der Waals surface area contributed by atoms with Crippen LogP contribution in [0.25, 0.3) is 0 Å². The molecule has 0 unspecified atom stereocenters. The maximum atomic E-state index is 6.15. The fourth-order valence-corrected chi connectivity index (χ4v) is 3.43. The summed E-state index contributed by atoms with van der Waals surface area (Å²) in [4.78, 5) is 20.1. The Morgan fingerprint density at radius 3 is 2.52 bits per heavy atom. The Hall–Kier alpha value is -2.15. The molecule has 0 saturated carbocycles. The minimum absolute atomic E-state index is 0.630. The molecule has 7 heteroatoms. The smallest absolute Gasteiger partial charge is 0.225 e. The minimum atomic E-state index is 0.630. The lowest BCUT2D eigenvalue weighted by molar-refractivity contribution is 0.378. The second kappa shape index (κ2) is 7.41. The van der Waals surface area contributed by atoms with Crippen LogP contribution in [-0.2, 0) is 13.0 Å². The standard InChI is InChI=1S/C16H22N6S/c1-2-13-4-5-14(23-13)12-20-15(17)21-8-10-22(11-9-21)16-18-6-3-7-19-16/h3-7H,2,8-12H2,1H3,(H2,17,20). The van der Waals surface area contributed by atoms with Crippen LogP contribution in [0, 0.1) is 0 Å². The summed E-state index contributed by atoms with van der Waals surface area (Å²) in [5.41, 5.74) is 6.15. The molecule has 2 N–H and O–H groups in total. The van der Waals surface area contributed by atoms with E-state index in [0.717, 1.165) is 38.5 Å². The van der Waals surface area contributed by atoms with Crippen LogP contribution in [0.4, 0.5) is 5.95 Å². The van der Waals surface area contributed by atoms with Crippen LogP contribution in [0.2, 0.25) is 0 Å². The summed E-state index contributed by atoms with van der Waals surface area (Å²) in [6, 6.07) is 6.15. The normalized spacial score (nSPS) is 16.0. The van der Waals surface area contributed by atoms with Gasteiger partial charge in [-0.2, -0.15) is 0 Å².